The summed E-state index contributed by atoms with van der Waals surface area (Å²) in [5, 5.41) is 1.02. The zero-order valence-electron chi connectivity index (χ0n) is 11.0. The minimum Gasteiger partial charge on any atom is -0.381 e. The predicted octanol–water partition coefficient (Wildman–Crippen LogP) is 2.12. The Bertz CT molecular complexity index is 577. The van der Waals surface area contributed by atoms with Gasteiger partial charge in [-0.15, -0.1) is 11.3 Å². The summed E-state index contributed by atoms with van der Waals surface area (Å²) in [7, 11) is 0. The summed E-state index contributed by atoms with van der Waals surface area (Å²) in [6.07, 6.45) is 2.97. The molecule has 0 saturated carbocycles. The molecular formula is C13H18N4OS. The van der Waals surface area contributed by atoms with Gasteiger partial charge in [0.1, 0.15) is 10.7 Å². The fourth-order valence-electron chi connectivity index (χ4n) is 2.39. The first-order valence-corrected chi connectivity index (χ1v) is 7.45. The number of aryl methyl sites for hydroxylation is 1. The summed E-state index contributed by atoms with van der Waals surface area (Å²) in [5.74, 6) is 7.71. The number of fused-ring (bicyclic) bond motifs is 1. The molecule has 0 aliphatic carbocycles. The van der Waals surface area contributed by atoms with Crippen molar-refractivity contribution in [3.8, 4) is 0 Å². The van der Waals surface area contributed by atoms with E-state index in [1.807, 2.05) is 0 Å². The lowest BCUT2D eigenvalue weighted by Crippen LogP contribution is -2.13. The SMILES string of the molecule is CCc1cc2c(NN)nc(CC3CCOC3)nc2s1. The molecule has 1 fully saturated rings. The number of nitrogen functional groups attached to an aromatic ring is 1. The van der Waals surface area contributed by atoms with Crippen LogP contribution in [0.3, 0.4) is 0 Å². The highest BCUT2D eigenvalue weighted by molar-refractivity contribution is 7.18. The van der Waals surface area contributed by atoms with Crippen LogP contribution in [0.4, 0.5) is 5.82 Å². The predicted molar refractivity (Wildman–Crippen MR) is 77.2 cm³/mol. The van der Waals surface area contributed by atoms with Gasteiger partial charge in [-0.05, 0) is 24.8 Å². The van der Waals surface area contributed by atoms with Gasteiger partial charge in [-0.1, -0.05) is 6.92 Å². The molecule has 3 heterocycles. The highest BCUT2D eigenvalue weighted by Crippen LogP contribution is 2.29. The van der Waals surface area contributed by atoms with Crippen molar-refractivity contribution in [2.24, 2.45) is 11.8 Å². The van der Waals surface area contributed by atoms with E-state index in [4.69, 9.17) is 10.6 Å². The van der Waals surface area contributed by atoms with Crippen molar-refractivity contribution in [1.82, 2.24) is 9.97 Å². The molecule has 2 aromatic rings. The number of thiophene rings is 1. The Labute approximate surface area is 116 Å². The van der Waals surface area contributed by atoms with Crippen LogP contribution in [0.1, 0.15) is 24.0 Å². The summed E-state index contributed by atoms with van der Waals surface area (Å²) in [4.78, 5) is 11.5. The smallest absolute Gasteiger partial charge is 0.152 e. The van der Waals surface area contributed by atoms with Gasteiger partial charge in [0.05, 0.1) is 5.39 Å². The van der Waals surface area contributed by atoms with Gasteiger partial charge >= 0.3 is 0 Å². The molecule has 102 valence electrons. The Morgan fingerprint density at radius 3 is 3.11 bits per heavy atom. The molecule has 2 aromatic heterocycles. The Hall–Kier alpha value is -1.24. The number of nitrogens with one attached hydrogen (secondary N) is 1. The van der Waals surface area contributed by atoms with Gasteiger partial charge in [-0.2, -0.15) is 0 Å². The van der Waals surface area contributed by atoms with Crippen LogP contribution in [0.25, 0.3) is 10.2 Å². The van der Waals surface area contributed by atoms with Crippen LogP contribution in [0.5, 0.6) is 0 Å². The van der Waals surface area contributed by atoms with Crippen molar-refractivity contribution in [1.29, 1.82) is 0 Å². The van der Waals surface area contributed by atoms with Crippen LogP contribution >= 0.6 is 11.3 Å². The van der Waals surface area contributed by atoms with Crippen molar-refractivity contribution in [3.05, 3.63) is 16.8 Å². The topological polar surface area (TPSA) is 73.1 Å². The maximum atomic E-state index is 5.58. The average molecular weight is 278 g/mol. The van der Waals surface area contributed by atoms with Crippen molar-refractivity contribution in [2.75, 3.05) is 18.6 Å². The lowest BCUT2D eigenvalue weighted by Gasteiger charge is -2.08. The number of hydrogen-bond donors (Lipinski definition) is 2. The van der Waals surface area contributed by atoms with E-state index in [-0.39, 0.29) is 0 Å². The molecule has 19 heavy (non-hydrogen) atoms. The van der Waals surface area contributed by atoms with Crippen LogP contribution in [-0.4, -0.2) is 23.2 Å². The van der Waals surface area contributed by atoms with E-state index in [1.165, 1.54) is 4.88 Å². The Balaban J connectivity index is 1.95. The summed E-state index contributed by atoms with van der Waals surface area (Å²) in [6.45, 7) is 3.82. The second-order valence-electron chi connectivity index (χ2n) is 4.85. The molecule has 1 unspecified atom stereocenters. The Morgan fingerprint density at radius 1 is 1.53 bits per heavy atom. The van der Waals surface area contributed by atoms with Crippen LogP contribution in [-0.2, 0) is 17.6 Å². The van der Waals surface area contributed by atoms with Gasteiger partial charge in [-0.3, -0.25) is 0 Å². The first-order chi connectivity index (χ1) is 9.30. The molecule has 0 bridgehead atoms. The molecule has 3 rings (SSSR count). The number of nitrogens with zero attached hydrogens (tertiary/aromatic N) is 2. The maximum Gasteiger partial charge on any atom is 0.152 e. The van der Waals surface area contributed by atoms with Crippen molar-refractivity contribution >= 4 is 27.4 Å². The Kier molecular flexibility index (Phi) is 3.63. The first kappa shape index (κ1) is 12.8. The van der Waals surface area contributed by atoms with Crippen LogP contribution < -0.4 is 11.3 Å². The highest BCUT2D eigenvalue weighted by atomic mass is 32.1. The second kappa shape index (κ2) is 5.40. The molecule has 5 nitrogen and oxygen atoms in total. The van der Waals surface area contributed by atoms with Gasteiger partial charge in [-0.25, -0.2) is 15.8 Å². The third kappa shape index (κ3) is 2.56. The molecule has 6 heteroatoms. The number of nitrogens with two attached hydrogens (primary N) is 1. The minimum absolute atomic E-state index is 0.536. The zero-order valence-corrected chi connectivity index (χ0v) is 11.8. The third-order valence-electron chi connectivity index (χ3n) is 3.47. The van der Waals surface area contributed by atoms with Crippen molar-refractivity contribution < 1.29 is 4.74 Å². The summed E-state index contributed by atoms with van der Waals surface area (Å²) in [5.41, 5.74) is 2.70. The van der Waals surface area contributed by atoms with Gasteiger partial charge in [0.25, 0.3) is 0 Å². The normalized spacial score (nSPS) is 19.2. The molecule has 0 amide bonds. The average Bonchev–Trinajstić information content (AvgIpc) is 3.06. The van der Waals surface area contributed by atoms with Crippen LogP contribution in [0.15, 0.2) is 6.07 Å². The van der Waals surface area contributed by atoms with E-state index in [1.54, 1.807) is 11.3 Å². The van der Waals surface area contributed by atoms with Gasteiger partial charge in [0, 0.05) is 24.5 Å². The van der Waals surface area contributed by atoms with Gasteiger partial charge < -0.3 is 10.2 Å². The van der Waals surface area contributed by atoms with E-state index in [0.717, 1.165) is 54.3 Å². The van der Waals surface area contributed by atoms with Crippen molar-refractivity contribution in [3.63, 3.8) is 0 Å². The lowest BCUT2D eigenvalue weighted by atomic mass is 10.0. The van der Waals surface area contributed by atoms with Crippen LogP contribution in [0, 0.1) is 5.92 Å². The molecule has 0 radical (unpaired) electrons. The number of hydrogen-bond acceptors (Lipinski definition) is 6. The monoisotopic (exact) mass is 278 g/mol. The van der Waals surface area contributed by atoms with E-state index in [0.29, 0.717) is 5.92 Å². The molecular weight excluding hydrogens is 260 g/mol. The molecule has 1 saturated heterocycles. The summed E-state index contributed by atoms with van der Waals surface area (Å²) in [6, 6.07) is 2.12. The third-order valence-corrected chi connectivity index (χ3v) is 4.64. The summed E-state index contributed by atoms with van der Waals surface area (Å²) < 4.78 is 5.40. The van der Waals surface area contributed by atoms with E-state index < -0.39 is 0 Å². The number of anilines is 1. The fraction of sp³-hybridized carbons (Fsp3) is 0.538. The number of ether oxygens (including phenoxy) is 1. The molecule has 0 spiro atoms. The zero-order chi connectivity index (χ0) is 13.2. The molecule has 0 aromatic carbocycles. The van der Waals surface area contributed by atoms with Gasteiger partial charge in [0.2, 0.25) is 0 Å². The standard InChI is InChI=1S/C13H18N4OS/c1-2-9-6-10-12(17-14)15-11(16-13(10)19-9)5-8-3-4-18-7-8/h6,8H,2-5,7,14H2,1H3,(H,15,16,17). The van der Waals surface area contributed by atoms with E-state index in [2.05, 4.69) is 28.4 Å². The molecule has 1 aliphatic heterocycles. The van der Waals surface area contributed by atoms with E-state index >= 15 is 0 Å². The summed E-state index contributed by atoms with van der Waals surface area (Å²) >= 11 is 1.72. The molecule has 3 N–H and O–H groups in total. The quantitative estimate of drug-likeness (QED) is 0.662. The lowest BCUT2D eigenvalue weighted by molar-refractivity contribution is 0.185. The fourth-order valence-corrected chi connectivity index (χ4v) is 3.38. The molecule has 1 aliphatic rings. The molecule has 1 atom stereocenters. The number of aromatic nitrogens is 2. The first-order valence-electron chi connectivity index (χ1n) is 6.64. The number of rotatable bonds is 4. The van der Waals surface area contributed by atoms with Crippen molar-refractivity contribution in [2.45, 2.75) is 26.2 Å². The largest absolute Gasteiger partial charge is 0.381 e. The minimum atomic E-state index is 0.536. The Morgan fingerprint density at radius 2 is 2.42 bits per heavy atom. The second-order valence-corrected chi connectivity index (χ2v) is 5.97. The maximum absolute atomic E-state index is 5.58. The van der Waals surface area contributed by atoms with E-state index in [9.17, 15) is 0 Å². The van der Waals surface area contributed by atoms with Crippen LogP contribution in [0.2, 0.25) is 0 Å². The number of hydrazine groups is 1. The highest BCUT2D eigenvalue weighted by Gasteiger charge is 2.19. The van der Waals surface area contributed by atoms with Gasteiger partial charge in [0.15, 0.2) is 5.82 Å².